The van der Waals surface area contributed by atoms with Gasteiger partial charge in [-0.05, 0) is 30.3 Å². The second kappa shape index (κ2) is 7.46. The molecule has 31 heavy (non-hydrogen) atoms. The van der Waals surface area contributed by atoms with E-state index in [0.717, 1.165) is 35.2 Å². The summed E-state index contributed by atoms with van der Waals surface area (Å²) in [6, 6.07) is 17.3. The number of fused-ring (bicyclic) bond motifs is 3. The molecule has 6 nitrogen and oxygen atoms in total. The van der Waals surface area contributed by atoms with Crippen molar-refractivity contribution in [2.45, 2.75) is 0 Å². The first kappa shape index (κ1) is 19.7. The van der Waals surface area contributed by atoms with E-state index >= 15 is 0 Å². The minimum absolute atomic E-state index is 0.0458. The largest absolute Gasteiger partial charge is 0.368 e. The van der Waals surface area contributed by atoms with Crippen molar-refractivity contribution in [2.24, 2.45) is 14.1 Å². The summed E-state index contributed by atoms with van der Waals surface area (Å²) < 4.78 is 3.51. The van der Waals surface area contributed by atoms with Crippen LogP contribution in [0.2, 0.25) is 5.02 Å². The van der Waals surface area contributed by atoms with E-state index < -0.39 is 0 Å². The first-order chi connectivity index (χ1) is 15.0. The Morgan fingerprint density at radius 2 is 1.61 bits per heavy atom. The van der Waals surface area contributed by atoms with E-state index in [-0.39, 0.29) is 11.5 Å². The van der Waals surface area contributed by atoms with Gasteiger partial charge in [-0.25, -0.2) is 0 Å². The number of pyridine rings is 1. The van der Waals surface area contributed by atoms with E-state index in [4.69, 9.17) is 11.6 Å². The molecule has 0 radical (unpaired) electrons. The Labute approximate surface area is 184 Å². The Morgan fingerprint density at radius 1 is 0.871 bits per heavy atom. The first-order valence-corrected chi connectivity index (χ1v) is 10.7. The van der Waals surface area contributed by atoms with E-state index in [1.807, 2.05) is 65.0 Å². The van der Waals surface area contributed by atoms with Crippen LogP contribution in [0.1, 0.15) is 10.5 Å². The molecule has 0 unspecified atom stereocenters. The van der Waals surface area contributed by atoms with Crippen LogP contribution in [0.25, 0.3) is 21.8 Å². The molecule has 0 N–H and O–H groups in total. The van der Waals surface area contributed by atoms with Gasteiger partial charge in [0, 0.05) is 56.4 Å². The van der Waals surface area contributed by atoms with E-state index in [1.54, 1.807) is 17.7 Å². The summed E-state index contributed by atoms with van der Waals surface area (Å²) in [5.41, 5.74) is 3.18. The number of nitrogens with zero attached hydrogens (tertiary/aromatic N) is 4. The Kier molecular flexibility index (Phi) is 4.74. The van der Waals surface area contributed by atoms with Crippen LogP contribution in [-0.4, -0.2) is 46.1 Å². The molecule has 0 aliphatic carbocycles. The summed E-state index contributed by atoms with van der Waals surface area (Å²) in [5.74, 6) is -0.0458. The third kappa shape index (κ3) is 3.18. The maximum Gasteiger partial charge on any atom is 0.270 e. The van der Waals surface area contributed by atoms with Gasteiger partial charge in [0.15, 0.2) is 0 Å². The van der Waals surface area contributed by atoms with Gasteiger partial charge in [0.25, 0.3) is 11.5 Å². The molecule has 0 bridgehead atoms. The summed E-state index contributed by atoms with van der Waals surface area (Å²) in [4.78, 5) is 30.4. The number of halogens is 1. The quantitative estimate of drug-likeness (QED) is 0.484. The van der Waals surface area contributed by atoms with E-state index in [2.05, 4.69) is 4.90 Å². The van der Waals surface area contributed by atoms with Crippen LogP contribution >= 0.6 is 11.6 Å². The molecule has 0 atom stereocenters. The maximum atomic E-state index is 13.4. The number of hydrogen-bond acceptors (Lipinski definition) is 3. The second-order valence-electron chi connectivity index (χ2n) is 7.99. The van der Waals surface area contributed by atoms with Crippen LogP contribution in [0.5, 0.6) is 0 Å². The van der Waals surface area contributed by atoms with Gasteiger partial charge in [-0.15, -0.1) is 0 Å². The molecule has 1 saturated heterocycles. The fourth-order valence-electron chi connectivity index (χ4n) is 4.56. The van der Waals surface area contributed by atoms with Gasteiger partial charge >= 0.3 is 0 Å². The number of amides is 1. The Balaban J connectivity index is 1.47. The lowest BCUT2D eigenvalue weighted by Gasteiger charge is -2.36. The minimum Gasteiger partial charge on any atom is -0.368 e. The van der Waals surface area contributed by atoms with E-state index in [1.165, 1.54) is 0 Å². The highest BCUT2D eigenvalue weighted by Gasteiger charge is 2.26. The lowest BCUT2D eigenvalue weighted by Crippen LogP contribution is -2.49. The summed E-state index contributed by atoms with van der Waals surface area (Å²) in [5, 5.41) is 2.25. The Morgan fingerprint density at radius 3 is 2.35 bits per heavy atom. The van der Waals surface area contributed by atoms with Gasteiger partial charge in [0.2, 0.25) is 0 Å². The zero-order valence-corrected chi connectivity index (χ0v) is 18.3. The molecule has 2 aromatic carbocycles. The van der Waals surface area contributed by atoms with Crippen LogP contribution < -0.4 is 10.5 Å². The normalized spacial score (nSPS) is 14.5. The molecule has 0 spiro atoms. The molecule has 5 rings (SSSR count). The van der Waals surface area contributed by atoms with Crippen molar-refractivity contribution in [3.05, 3.63) is 75.7 Å². The highest BCUT2D eigenvalue weighted by Crippen LogP contribution is 2.26. The van der Waals surface area contributed by atoms with Crippen molar-refractivity contribution in [3.63, 3.8) is 0 Å². The molecule has 7 heteroatoms. The summed E-state index contributed by atoms with van der Waals surface area (Å²) >= 11 is 6.12. The first-order valence-electron chi connectivity index (χ1n) is 10.3. The molecule has 2 aromatic heterocycles. The van der Waals surface area contributed by atoms with Gasteiger partial charge in [0.1, 0.15) is 5.69 Å². The van der Waals surface area contributed by atoms with Gasteiger partial charge in [-0.2, -0.15) is 0 Å². The molecule has 1 aliphatic rings. The third-order valence-corrected chi connectivity index (χ3v) is 6.48. The SMILES string of the molecule is Cn1c(C(=O)N2CCN(c3cccc(Cl)c3)CC2)cc2c(=O)n(C)c3ccccc3c21. The average Bonchev–Trinajstić information content (AvgIpc) is 3.14. The number of carbonyl (C=O) groups is 1. The predicted molar refractivity (Wildman–Crippen MR) is 125 cm³/mol. The number of carbonyl (C=O) groups excluding carboxylic acids is 1. The maximum absolute atomic E-state index is 13.4. The van der Waals surface area contributed by atoms with Crippen molar-refractivity contribution in [2.75, 3.05) is 31.1 Å². The van der Waals surface area contributed by atoms with Crippen LogP contribution in [0.4, 0.5) is 5.69 Å². The average molecular weight is 435 g/mol. The molecule has 4 aromatic rings. The van der Waals surface area contributed by atoms with Crippen molar-refractivity contribution in [1.82, 2.24) is 14.0 Å². The predicted octanol–water partition coefficient (Wildman–Crippen LogP) is 3.65. The zero-order valence-electron chi connectivity index (χ0n) is 17.5. The van der Waals surface area contributed by atoms with Crippen LogP contribution in [0, 0.1) is 0 Å². The fourth-order valence-corrected chi connectivity index (χ4v) is 4.74. The molecule has 3 heterocycles. The number of hydrogen-bond donors (Lipinski definition) is 0. The molecule has 1 fully saturated rings. The zero-order chi connectivity index (χ0) is 21.7. The number of anilines is 1. The van der Waals surface area contributed by atoms with Gasteiger partial charge in [0.05, 0.1) is 16.4 Å². The number of aryl methyl sites for hydroxylation is 2. The van der Waals surface area contributed by atoms with Crippen molar-refractivity contribution in [3.8, 4) is 0 Å². The van der Waals surface area contributed by atoms with Gasteiger partial charge in [-0.1, -0.05) is 35.9 Å². The number of benzene rings is 2. The van der Waals surface area contributed by atoms with E-state index in [0.29, 0.717) is 29.2 Å². The smallest absolute Gasteiger partial charge is 0.270 e. The summed E-state index contributed by atoms with van der Waals surface area (Å²) in [6.45, 7) is 2.71. The second-order valence-corrected chi connectivity index (χ2v) is 8.43. The summed E-state index contributed by atoms with van der Waals surface area (Å²) in [6.07, 6.45) is 0. The van der Waals surface area contributed by atoms with Gasteiger partial charge in [-0.3, -0.25) is 9.59 Å². The third-order valence-electron chi connectivity index (χ3n) is 6.25. The number of para-hydroxylation sites is 1. The number of aromatic nitrogens is 2. The van der Waals surface area contributed by atoms with Crippen molar-refractivity contribution < 1.29 is 4.79 Å². The van der Waals surface area contributed by atoms with Crippen LogP contribution in [0.15, 0.2) is 59.4 Å². The molecule has 1 amide bonds. The lowest BCUT2D eigenvalue weighted by molar-refractivity contribution is 0.0737. The van der Waals surface area contributed by atoms with Crippen molar-refractivity contribution in [1.29, 1.82) is 0 Å². The molecule has 1 aliphatic heterocycles. The highest BCUT2D eigenvalue weighted by molar-refractivity contribution is 6.30. The fraction of sp³-hybridized carbons (Fsp3) is 0.250. The van der Waals surface area contributed by atoms with Crippen LogP contribution in [-0.2, 0) is 14.1 Å². The molecule has 158 valence electrons. The molecular weight excluding hydrogens is 412 g/mol. The Bertz CT molecular complexity index is 1380. The standard InChI is InChI=1S/C24H23ClN4O2/c1-26-21(15-19-22(26)18-8-3-4-9-20(18)27(2)23(19)30)24(31)29-12-10-28(11-13-29)17-7-5-6-16(25)14-17/h3-9,14-15H,10-13H2,1-2H3. The highest BCUT2D eigenvalue weighted by atomic mass is 35.5. The molecule has 0 saturated carbocycles. The number of rotatable bonds is 2. The Hall–Kier alpha value is -3.25. The minimum atomic E-state index is -0.0888. The lowest BCUT2D eigenvalue weighted by atomic mass is 10.1. The summed E-state index contributed by atoms with van der Waals surface area (Å²) in [7, 11) is 3.64. The van der Waals surface area contributed by atoms with Crippen LogP contribution in [0.3, 0.4) is 0 Å². The van der Waals surface area contributed by atoms with E-state index in [9.17, 15) is 9.59 Å². The topological polar surface area (TPSA) is 50.5 Å². The van der Waals surface area contributed by atoms with Gasteiger partial charge < -0.3 is 18.9 Å². The van der Waals surface area contributed by atoms with Crippen molar-refractivity contribution >= 4 is 45.0 Å². The molecular formula is C24H23ClN4O2. The number of piperazine rings is 1. The monoisotopic (exact) mass is 434 g/mol.